The van der Waals surface area contributed by atoms with E-state index in [1.54, 1.807) is 6.07 Å². The molecule has 2 saturated heterocycles. The van der Waals surface area contributed by atoms with E-state index in [1.807, 2.05) is 52.0 Å². The van der Waals surface area contributed by atoms with Crippen molar-refractivity contribution in [2.45, 2.75) is 32.4 Å². The van der Waals surface area contributed by atoms with Crippen LogP contribution in [-0.2, 0) is 6.54 Å². The molecular formula is C23H27ClN4O2. The highest BCUT2D eigenvalue weighted by atomic mass is 35.5. The van der Waals surface area contributed by atoms with Crippen LogP contribution in [0.4, 0.5) is 15.3 Å². The second-order valence-corrected chi connectivity index (χ2v) is 8.43. The molecule has 2 aliphatic rings. The van der Waals surface area contributed by atoms with Crippen LogP contribution in [0.5, 0.6) is 0 Å². The van der Waals surface area contributed by atoms with Crippen molar-refractivity contribution in [3.8, 4) is 0 Å². The Labute approximate surface area is 182 Å². The second kappa shape index (κ2) is 8.96. The van der Waals surface area contributed by atoms with Gasteiger partial charge in [0.05, 0.1) is 0 Å². The third-order valence-electron chi connectivity index (χ3n) is 5.98. The molecule has 0 bridgehead atoms. The second-order valence-electron chi connectivity index (χ2n) is 7.99. The lowest BCUT2D eigenvalue weighted by Gasteiger charge is -2.36. The van der Waals surface area contributed by atoms with Crippen LogP contribution >= 0.6 is 11.6 Å². The predicted octanol–water partition coefficient (Wildman–Crippen LogP) is 4.58. The molecule has 7 heteroatoms. The number of amides is 4. The summed E-state index contributed by atoms with van der Waals surface area (Å²) in [4.78, 5) is 31.3. The minimum atomic E-state index is -0.114. The number of piperidine rings is 1. The first-order valence-corrected chi connectivity index (χ1v) is 10.8. The van der Waals surface area contributed by atoms with Crippen LogP contribution in [0, 0.1) is 6.92 Å². The molecule has 2 aromatic carbocycles. The number of nitrogens with zero attached hydrogens (tertiary/aromatic N) is 3. The van der Waals surface area contributed by atoms with Crippen LogP contribution in [0.15, 0.2) is 48.5 Å². The van der Waals surface area contributed by atoms with Crippen molar-refractivity contribution >= 4 is 29.4 Å². The van der Waals surface area contributed by atoms with Gasteiger partial charge < -0.3 is 20.0 Å². The maximum absolute atomic E-state index is 12.9. The third-order valence-corrected chi connectivity index (χ3v) is 6.21. The summed E-state index contributed by atoms with van der Waals surface area (Å²) < 4.78 is 0. The largest absolute Gasteiger partial charge is 0.324 e. The van der Waals surface area contributed by atoms with Crippen LogP contribution in [-0.4, -0.2) is 59.0 Å². The Morgan fingerprint density at radius 1 is 1.07 bits per heavy atom. The number of rotatable bonds is 4. The first-order valence-electron chi connectivity index (χ1n) is 10.4. The zero-order valence-electron chi connectivity index (χ0n) is 17.2. The highest BCUT2D eigenvalue weighted by molar-refractivity contribution is 6.31. The maximum Gasteiger partial charge on any atom is 0.321 e. The summed E-state index contributed by atoms with van der Waals surface area (Å²) in [6, 6.07) is 15.7. The Kier molecular flexibility index (Phi) is 6.13. The first kappa shape index (κ1) is 20.5. The van der Waals surface area contributed by atoms with Gasteiger partial charge in [-0.25, -0.2) is 9.59 Å². The fourth-order valence-corrected chi connectivity index (χ4v) is 4.37. The van der Waals surface area contributed by atoms with E-state index >= 15 is 0 Å². The van der Waals surface area contributed by atoms with Gasteiger partial charge in [-0.05, 0) is 43.0 Å². The Morgan fingerprint density at radius 2 is 1.80 bits per heavy atom. The van der Waals surface area contributed by atoms with Crippen LogP contribution in [0.25, 0.3) is 0 Å². The minimum Gasteiger partial charge on any atom is -0.324 e. The zero-order valence-corrected chi connectivity index (χ0v) is 17.9. The molecule has 0 atom stereocenters. The monoisotopic (exact) mass is 426 g/mol. The number of likely N-dealkylation sites (tertiary alicyclic amines) is 1. The molecule has 0 unspecified atom stereocenters. The Balaban J connectivity index is 1.29. The fourth-order valence-electron chi connectivity index (χ4n) is 4.19. The van der Waals surface area contributed by atoms with Crippen molar-refractivity contribution in [3.63, 3.8) is 0 Å². The molecule has 6 nitrogen and oxygen atoms in total. The number of hydrogen-bond acceptors (Lipinski definition) is 2. The van der Waals surface area contributed by atoms with Crippen molar-refractivity contribution in [2.75, 3.05) is 31.5 Å². The average molecular weight is 427 g/mol. The third kappa shape index (κ3) is 4.54. The molecular weight excluding hydrogens is 400 g/mol. The van der Waals surface area contributed by atoms with Crippen LogP contribution in [0.2, 0.25) is 5.02 Å². The van der Waals surface area contributed by atoms with E-state index in [0.717, 1.165) is 42.7 Å². The molecule has 2 aromatic rings. The van der Waals surface area contributed by atoms with Gasteiger partial charge in [-0.1, -0.05) is 48.0 Å². The molecule has 2 fully saturated rings. The van der Waals surface area contributed by atoms with Crippen molar-refractivity contribution in [3.05, 3.63) is 64.7 Å². The maximum atomic E-state index is 12.9. The van der Waals surface area contributed by atoms with Gasteiger partial charge >= 0.3 is 12.1 Å². The van der Waals surface area contributed by atoms with Crippen LogP contribution in [0.3, 0.4) is 0 Å². The zero-order chi connectivity index (χ0) is 21.1. The molecule has 0 aliphatic carbocycles. The summed E-state index contributed by atoms with van der Waals surface area (Å²) in [5.41, 5.74) is 2.86. The number of aryl methyl sites for hydroxylation is 1. The van der Waals surface area contributed by atoms with E-state index in [2.05, 4.69) is 17.4 Å². The molecule has 0 aromatic heterocycles. The summed E-state index contributed by atoms with van der Waals surface area (Å²) in [7, 11) is 0. The molecule has 30 heavy (non-hydrogen) atoms. The number of hydrogen-bond donors (Lipinski definition) is 1. The highest BCUT2D eigenvalue weighted by Gasteiger charge is 2.36. The minimum absolute atomic E-state index is 0.108. The van der Waals surface area contributed by atoms with Crippen molar-refractivity contribution in [2.24, 2.45) is 0 Å². The molecule has 158 valence electrons. The Hall–Kier alpha value is -2.73. The number of carbonyl (C=O) groups excluding carboxylic acids is 2. The summed E-state index contributed by atoms with van der Waals surface area (Å²) in [5.74, 6) is 0. The van der Waals surface area contributed by atoms with Crippen LogP contribution in [0.1, 0.15) is 24.0 Å². The standard InChI is InChI=1S/C23H27ClN4O2/c1-17-7-8-19(24)15-21(17)25-22(29)26-11-9-20(10-12-26)28-14-13-27(23(28)30)16-18-5-3-2-4-6-18/h2-8,15,20H,9-14,16H2,1H3,(H,25,29). The van der Waals surface area contributed by atoms with Gasteiger partial charge in [-0.3, -0.25) is 0 Å². The number of carbonyl (C=O) groups is 2. The molecule has 0 saturated carbocycles. The smallest absolute Gasteiger partial charge is 0.321 e. The normalized spacial score (nSPS) is 17.5. The van der Waals surface area contributed by atoms with Gasteiger partial charge in [0, 0.05) is 49.5 Å². The van der Waals surface area contributed by atoms with Gasteiger partial charge in [-0.15, -0.1) is 0 Å². The fraction of sp³-hybridized carbons (Fsp3) is 0.391. The van der Waals surface area contributed by atoms with Gasteiger partial charge in [-0.2, -0.15) is 0 Å². The lowest BCUT2D eigenvalue weighted by molar-refractivity contribution is 0.139. The van der Waals surface area contributed by atoms with Crippen molar-refractivity contribution < 1.29 is 9.59 Å². The number of benzene rings is 2. The van der Waals surface area contributed by atoms with Crippen molar-refractivity contribution in [1.82, 2.24) is 14.7 Å². The van der Waals surface area contributed by atoms with E-state index < -0.39 is 0 Å². The SMILES string of the molecule is Cc1ccc(Cl)cc1NC(=O)N1CCC(N2CCN(Cc3ccccc3)C2=O)CC1. The number of nitrogens with one attached hydrogen (secondary N) is 1. The van der Waals surface area contributed by atoms with E-state index in [4.69, 9.17) is 11.6 Å². The quantitative estimate of drug-likeness (QED) is 0.777. The molecule has 2 aliphatic heterocycles. The molecule has 0 spiro atoms. The lowest BCUT2D eigenvalue weighted by atomic mass is 10.0. The summed E-state index contributed by atoms with van der Waals surface area (Å²) in [5, 5.41) is 3.56. The summed E-state index contributed by atoms with van der Waals surface area (Å²) in [6.07, 6.45) is 1.60. The predicted molar refractivity (Wildman–Crippen MR) is 119 cm³/mol. The molecule has 4 amide bonds. The first-order chi connectivity index (χ1) is 14.5. The van der Waals surface area contributed by atoms with Crippen molar-refractivity contribution in [1.29, 1.82) is 0 Å². The van der Waals surface area contributed by atoms with Gasteiger partial charge in [0.25, 0.3) is 0 Å². The Morgan fingerprint density at radius 3 is 2.53 bits per heavy atom. The number of anilines is 1. The van der Waals surface area contributed by atoms with Gasteiger partial charge in [0.1, 0.15) is 0 Å². The van der Waals surface area contributed by atoms with Gasteiger partial charge in [0.15, 0.2) is 0 Å². The van der Waals surface area contributed by atoms with E-state index in [1.165, 1.54) is 0 Å². The average Bonchev–Trinajstić information content (AvgIpc) is 3.11. The summed E-state index contributed by atoms with van der Waals surface area (Å²) >= 11 is 6.05. The Bertz CT molecular complexity index is 913. The van der Waals surface area contributed by atoms with E-state index in [-0.39, 0.29) is 18.1 Å². The molecule has 2 heterocycles. The molecule has 4 rings (SSSR count). The topological polar surface area (TPSA) is 55.9 Å². The number of halogens is 1. The highest BCUT2D eigenvalue weighted by Crippen LogP contribution is 2.24. The lowest BCUT2D eigenvalue weighted by Crippen LogP contribution is -2.49. The van der Waals surface area contributed by atoms with E-state index in [0.29, 0.717) is 24.7 Å². The summed E-state index contributed by atoms with van der Waals surface area (Å²) in [6.45, 7) is 5.37. The molecule has 1 N–H and O–H groups in total. The van der Waals surface area contributed by atoms with E-state index in [9.17, 15) is 9.59 Å². The number of urea groups is 2. The van der Waals surface area contributed by atoms with Crippen LogP contribution < -0.4 is 5.32 Å². The van der Waals surface area contributed by atoms with Gasteiger partial charge in [0.2, 0.25) is 0 Å². The molecule has 0 radical (unpaired) electrons.